The van der Waals surface area contributed by atoms with E-state index in [1.165, 1.54) is 0 Å². The SMILES string of the molecule is Cc1[nH]c(-c2cc(-c3cncc(N4CCOCC4)c3)ccn2)nc1C(=O)N[C@@H](C)c1ccccc1.O=C(O)C(F)(F)F. The van der Waals surface area contributed by atoms with Crippen molar-refractivity contribution < 1.29 is 32.6 Å². The lowest BCUT2D eigenvalue weighted by molar-refractivity contribution is -0.192. The van der Waals surface area contributed by atoms with Crippen molar-refractivity contribution >= 4 is 17.6 Å². The molecule has 0 aliphatic carbocycles. The van der Waals surface area contributed by atoms with Crippen LogP contribution in [0.15, 0.2) is 67.1 Å². The van der Waals surface area contributed by atoms with Gasteiger partial charge in [0.05, 0.1) is 31.1 Å². The van der Waals surface area contributed by atoms with Crippen LogP contribution in [-0.2, 0) is 9.53 Å². The van der Waals surface area contributed by atoms with Crippen molar-refractivity contribution in [1.29, 1.82) is 0 Å². The van der Waals surface area contributed by atoms with Crippen molar-refractivity contribution in [2.45, 2.75) is 26.1 Å². The van der Waals surface area contributed by atoms with Gasteiger partial charge in [0.2, 0.25) is 0 Å². The van der Waals surface area contributed by atoms with Crippen LogP contribution >= 0.6 is 0 Å². The first-order valence-corrected chi connectivity index (χ1v) is 13.0. The second-order valence-electron chi connectivity index (χ2n) is 9.43. The van der Waals surface area contributed by atoms with Crippen LogP contribution in [0.3, 0.4) is 0 Å². The number of alkyl halides is 3. The number of nitrogens with one attached hydrogen (secondary N) is 2. The second kappa shape index (κ2) is 13.3. The number of imidazole rings is 1. The molecule has 220 valence electrons. The number of carboxylic acid groups (broad SMARTS) is 1. The average molecular weight is 583 g/mol. The van der Waals surface area contributed by atoms with E-state index in [1.54, 1.807) is 6.20 Å². The van der Waals surface area contributed by atoms with E-state index in [2.05, 4.69) is 36.2 Å². The molecule has 0 unspecified atom stereocenters. The molecule has 10 nitrogen and oxygen atoms in total. The van der Waals surface area contributed by atoms with Crippen LogP contribution in [0.2, 0.25) is 0 Å². The number of nitrogens with zero attached hydrogens (tertiary/aromatic N) is 4. The Balaban J connectivity index is 0.000000517. The number of carbonyl (C=O) groups excluding carboxylic acids is 1. The van der Waals surface area contributed by atoms with Crippen molar-refractivity contribution in [1.82, 2.24) is 25.3 Å². The first kappa shape index (κ1) is 30.2. The minimum atomic E-state index is -5.08. The highest BCUT2D eigenvalue weighted by molar-refractivity contribution is 5.94. The molecule has 0 saturated carbocycles. The Labute approximate surface area is 239 Å². The summed E-state index contributed by atoms with van der Waals surface area (Å²) in [4.78, 5) is 40.9. The van der Waals surface area contributed by atoms with Gasteiger partial charge < -0.3 is 25.0 Å². The van der Waals surface area contributed by atoms with Crippen LogP contribution in [0.4, 0.5) is 18.9 Å². The van der Waals surface area contributed by atoms with Crippen LogP contribution in [0, 0.1) is 6.92 Å². The zero-order valence-corrected chi connectivity index (χ0v) is 22.9. The highest BCUT2D eigenvalue weighted by Gasteiger charge is 2.38. The summed E-state index contributed by atoms with van der Waals surface area (Å²) in [5.74, 6) is -2.42. The smallest absolute Gasteiger partial charge is 0.475 e. The third-order valence-corrected chi connectivity index (χ3v) is 6.43. The molecule has 3 aromatic heterocycles. The van der Waals surface area contributed by atoms with E-state index in [9.17, 15) is 18.0 Å². The Morgan fingerprint density at radius 1 is 1.07 bits per heavy atom. The molecule has 1 saturated heterocycles. The van der Waals surface area contributed by atoms with E-state index >= 15 is 0 Å². The van der Waals surface area contributed by atoms with Gasteiger partial charge in [-0.15, -0.1) is 0 Å². The summed E-state index contributed by atoms with van der Waals surface area (Å²) >= 11 is 0. The minimum Gasteiger partial charge on any atom is -0.475 e. The fourth-order valence-electron chi connectivity index (χ4n) is 4.21. The number of H-pyrrole nitrogens is 1. The normalized spacial score (nSPS) is 14.0. The maximum atomic E-state index is 12.9. The van der Waals surface area contributed by atoms with Crippen molar-refractivity contribution in [3.05, 3.63) is 84.1 Å². The minimum absolute atomic E-state index is 0.129. The van der Waals surface area contributed by atoms with Gasteiger partial charge in [0.25, 0.3) is 5.91 Å². The van der Waals surface area contributed by atoms with E-state index in [1.807, 2.05) is 68.7 Å². The van der Waals surface area contributed by atoms with Crippen molar-refractivity contribution in [2.24, 2.45) is 0 Å². The van der Waals surface area contributed by atoms with Crippen LogP contribution in [0.5, 0.6) is 0 Å². The molecule has 13 heteroatoms. The molecule has 1 fully saturated rings. The number of hydrogen-bond donors (Lipinski definition) is 3. The van der Waals surface area contributed by atoms with Gasteiger partial charge in [0.15, 0.2) is 5.82 Å². The fraction of sp³-hybridized carbons (Fsp3) is 0.276. The molecular weight excluding hydrogens is 553 g/mol. The molecule has 1 aliphatic heterocycles. The molecule has 4 aromatic rings. The van der Waals surface area contributed by atoms with Gasteiger partial charge in [0.1, 0.15) is 11.4 Å². The molecule has 1 aliphatic rings. The molecule has 4 heterocycles. The first-order valence-electron chi connectivity index (χ1n) is 13.0. The molecular formula is C29H29F3N6O4. The Morgan fingerprint density at radius 3 is 2.43 bits per heavy atom. The third kappa shape index (κ3) is 7.69. The number of halogens is 3. The van der Waals surface area contributed by atoms with Crippen molar-refractivity contribution in [3.63, 3.8) is 0 Å². The first-order chi connectivity index (χ1) is 20.0. The quantitative estimate of drug-likeness (QED) is 0.295. The number of pyridine rings is 2. The van der Waals surface area contributed by atoms with Crippen LogP contribution in [0.25, 0.3) is 22.6 Å². The van der Waals surface area contributed by atoms with Gasteiger partial charge in [-0.3, -0.25) is 14.8 Å². The Hall–Kier alpha value is -4.78. The number of anilines is 1. The van der Waals surface area contributed by atoms with Gasteiger partial charge in [-0.05, 0) is 43.2 Å². The Kier molecular flexibility index (Phi) is 9.53. The standard InChI is InChI=1S/C27H28N6O2.C2HF3O2/c1-18(20-6-4-3-5-7-20)31-27(34)25-19(2)30-26(32-25)24-15-21(8-9-29-24)22-14-23(17-28-16-22)33-10-12-35-13-11-33;3-2(4,5)1(6)7/h3-9,14-18H,10-13H2,1-2H3,(H,30,32)(H,31,34);(H,6,7)/t18-;/m0./s1. The topological polar surface area (TPSA) is 133 Å². The van der Waals surface area contributed by atoms with Gasteiger partial charge in [-0.25, -0.2) is 9.78 Å². The molecule has 0 radical (unpaired) electrons. The van der Waals surface area contributed by atoms with Crippen LogP contribution in [-0.4, -0.2) is 69.4 Å². The maximum Gasteiger partial charge on any atom is 0.490 e. The molecule has 3 N–H and O–H groups in total. The van der Waals surface area contributed by atoms with Gasteiger partial charge in [0, 0.05) is 36.7 Å². The molecule has 1 atom stereocenters. The largest absolute Gasteiger partial charge is 0.490 e. The number of amides is 1. The van der Waals surface area contributed by atoms with Crippen molar-refractivity contribution in [3.8, 4) is 22.6 Å². The fourth-order valence-corrected chi connectivity index (χ4v) is 4.21. The third-order valence-electron chi connectivity index (χ3n) is 6.43. The van der Waals surface area contributed by atoms with E-state index < -0.39 is 12.1 Å². The lowest BCUT2D eigenvalue weighted by Crippen LogP contribution is -2.36. The molecule has 42 heavy (non-hydrogen) atoms. The van der Waals surface area contributed by atoms with Gasteiger partial charge >= 0.3 is 12.1 Å². The predicted molar refractivity (Wildman–Crippen MR) is 149 cm³/mol. The molecule has 1 aromatic carbocycles. The maximum absolute atomic E-state index is 12.9. The zero-order valence-electron chi connectivity index (χ0n) is 22.9. The average Bonchev–Trinajstić information content (AvgIpc) is 3.40. The summed E-state index contributed by atoms with van der Waals surface area (Å²) in [7, 11) is 0. The number of aromatic amines is 1. The molecule has 5 rings (SSSR count). The number of aromatic nitrogens is 4. The number of carboxylic acids is 1. The molecule has 0 bridgehead atoms. The summed E-state index contributed by atoms with van der Waals surface area (Å²) < 4.78 is 37.2. The van der Waals surface area contributed by atoms with E-state index in [0.717, 1.165) is 48.7 Å². The van der Waals surface area contributed by atoms with E-state index in [-0.39, 0.29) is 11.9 Å². The summed E-state index contributed by atoms with van der Waals surface area (Å²) in [6.07, 6.45) is 0.398. The monoisotopic (exact) mass is 582 g/mol. The number of hydrogen-bond acceptors (Lipinski definition) is 7. The summed E-state index contributed by atoms with van der Waals surface area (Å²) in [5, 5.41) is 10.2. The van der Waals surface area contributed by atoms with Gasteiger partial charge in [-0.1, -0.05) is 30.3 Å². The zero-order chi connectivity index (χ0) is 30.3. The van der Waals surface area contributed by atoms with Crippen LogP contribution in [0.1, 0.15) is 34.7 Å². The number of ether oxygens (including phenoxy) is 1. The number of aryl methyl sites for hydroxylation is 1. The van der Waals surface area contributed by atoms with E-state index in [4.69, 9.17) is 14.6 Å². The summed E-state index contributed by atoms with van der Waals surface area (Å²) in [6, 6.07) is 15.8. The van der Waals surface area contributed by atoms with Crippen LogP contribution < -0.4 is 10.2 Å². The number of rotatable bonds is 6. The summed E-state index contributed by atoms with van der Waals surface area (Å²) in [6.45, 7) is 6.96. The number of aliphatic carboxylic acids is 1. The predicted octanol–water partition coefficient (Wildman–Crippen LogP) is 4.80. The number of carbonyl (C=O) groups is 2. The van der Waals surface area contributed by atoms with Gasteiger partial charge in [-0.2, -0.15) is 13.2 Å². The Bertz CT molecular complexity index is 1520. The lowest BCUT2D eigenvalue weighted by Gasteiger charge is -2.28. The summed E-state index contributed by atoms with van der Waals surface area (Å²) in [5.41, 5.74) is 5.82. The molecule has 1 amide bonds. The van der Waals surface area contributed by atoms with Crippen molar-refractivity contribution in [2.75, 3.05) is 31.2 Å². The lowest BCUT2D eigenvalue weighted by atomic mass is 10.1. The number of benzene rings is 1. The highest BCUT2D eigenvalue weighted by atomic mass is 19.4. The van der Waals surface area contributed by atoms with E-state index in [0.29, 0.717) is 22.9 Å². The number of morpholine rings is 1. The Morgan fingerprint density at radius 2 is 1.76 bits per heavy atom. The highest BCUT2D eigenvalue weighted by Crippen LogP contribution is 2.27. The molecule has 0 spiro atoms. The second-order valence-corrected chi connectivity index (χ2v) is 9.43.